The van der Waals surface area contributed by atoms with Crippen molar-refractivity contribution in [2.45, 2.75) is 13.0 Å². The van der Waals surface area contributed by atoms with Crippen molar-refractivity contribution in [3.8, 4) is 0 Å². The molecule has 3 heteroatoms. The molecule has 13 heavy (non-hydrogen) atoms. The van der Waals surface area contributed by atoms with Crippen LogP contribution in [-0.4, -0.2) is 13.1 Å². The molecule has 1 rings (SSSR count). The summed E-state index contributed by atoms with van der Waals surface area (Å²) in [6.45, 7) is 3.66. The van der Waals surface area contributed by atoms with Gasteiger partial charge in [0.1, 0.15) is 0 Å². The molecule has 72 valence electrons. The number of hydrogen-bond donors (Lipinski definition) is 2. The number of nitrogens with one attached hydrogen (secondary N) is 1. The third-order valence-corrected chi connectivity index (χ3v) is 2.49. The van der Waals surface area contributed by atoms with Gasteiger partial charge in [-0.25, -0.2) is 0 Å². The monoisotopic (exact) mass is 242 g/mol. The van der Waals surface area contributed by atoms with Gasteiger partial charge in [0.2, 0.25) is 0 Å². The molecule has 0 aliphatic carbocycles. The first kappa shape index (κ1) is 10.7. The number of benzene rings is 1. The molecule has 3 N–H and O–H groups in total. The van der Waals surface area contributed by atoms with Crippen LogP contribution in [0.25, 0.3) is 0 Å². The molecule has 0 aromatic heterocycles. The first-order valence-electron chi connectivity index (χ1n) is 4.46. The largest absolute Gasteiger partial charge is 0.329 e. The van der Waals surface area contributed by atoms with Gasteiger partial charge in [-0.15, -0.1) is 0 Å². The lowest BCUT2D eigenvalue weighted by Crippen LogP contribution is -2.27. The SMILES string of the molecule is CCNC(CN)c1ccc(Br)cc1. The molecule has 1 unspecified atom stereocenters. The zero-order chi connectivity index (χ0) is 9.68. The summed E-state index contributed by atoms with van der Waals surface area (Å²) < 4.78 is 1.10. The van der Waals surface area contributed by atoms with E-state index in [0.29, 0.717) is 6.54 Å². The molecule has 0 spiro atoms. The Kier molecular flexibility index (Phi) is 4.42. The Morgan fingerprint density at radius 1 is 1.38 bits per heavy atom. The van der Waals surface area contributed by atoms with Gasteiger partial charge < -0.3 is 11.1 Å². The average molecular weight is 243 g/mol. The Balaban J connectivity index is 2.73. The number of hydrogen-bond acceptors (Lipinski definition) is 2. The van der Waals surface area contributed by atoms with Crippen LogP contribution in [0.3, 0.4) is 0 Å². The van der Waals surface area contributed by atoms with Crippen molar-refractivity contribution in [1.82, 2.24) is 5.32 Å². The summed E-state index contributed by atoms with van der Waals surface area (Å²) in [7, 11) is 0. The molecule has 1 aromatic rings. The van der Waals surface area contributed by atoms with E-state index in [1.165, 1.54) is 5.56 Å². The van der Waals surface area contributed by atoms with Crippen molar-refractivity contribution in [3.63, 3.8) is 0 Å². The lowest BCUT2D eigenvalue weighted by atomic mass is 10.1. The van der Waals surface area contributed by atoms with E-state index < -0.39 is 0 Å². The maximum atomic E-state index is 5.65. The molecule has 0 aliphatic rings. The van der Waals surface area contributed by atoms with Crippen LogP contribution >= 0.6 is 15.9 Å². The average Bonchev–Trinajstić information content (AvgIpc) is 2.16. The predicted molar refractivity (Wildman–Crippen MR) is 59.6 cm³/mol. The van der Waals surface area contributed by atoms with Crippen molar-refractivity contribution in [2.75, 3.05) is 13.1 Å². The highest BCUT2D eigenvalue weighted by molar-refractivity contribution is 9.10. The minimum Gasteiger partial charge on any atom is -0.329 e. The molecule has 0 heterocycles. The molecule has 0 aliphatic heterocycles. The third-order valence-electron chi connectivity index (χ3n) is 1.96. The van der Waals surface area contributed by atoms with E-state index in [1.54, 1.807) is 0 Å². The lowest BCUT2D eigenvalue weighted by molar-refractivity contribution is 0.562. The molecule has 0 fully saturated rings. The summed E-state index contributed by atoms with van der Waals surface area (Å²) in [5, 5.41) is 3.33. The predicted octanol–water partition coefficient (Wildman–Crippen LogP) is 2.06. The Bertz CT molecular complexity index is 246. The number of nitrogens with two attached hydrogens (primary N) is 1. The minimum atomic E-state index is 0.276. The van der Waals surface area contributed by atoms with Gasteiger partial charge in [-0.05, 0) is 24.2 Å². The number of rotatable bonds is 4. The maximum Gasteiger partial charge on any atom is 0.0444 e. The van der Waals surface area contributed by atoms with Crippen LogP contribution in [0.15, 0.2) is 28.7 Å². The topological polar surface area (TPSA) is 38.0 Å². The van der Waals surface area contributed by atoms with Gasteiger partial charge in [0.25, 0.3) is 0 Å². The molecule has 0 amide bonds. The second-order valence-electron chi connectivity index (χ2n) is 2.90. The Labute approximate surface area is 87.6 Å². The van der Waals surface area contributed by atoms with Crippen LogP contribution in [0.5, 0.6) is 0 Å². The van der Waals surface area contributed by atoms with Gasteiger partial charge in [-0.1, -0.05) is 35.0 Å². The van der Waals surface area contributed by atoms with Gasteiger partial charge in [-0.3, -0.25) is 0 Å². The van der Waals surface area contributed by atoms with Gasteiger partial charge in [0, 0.05) is 17.1 Å². The summed E-state index contributed by atoms with van der Waals surface area (Å²) in [4.78, 5) is 0. The van der Waals surface area contributed by atoms with E-state index in [1.807, 2.05) is 12.1 Å². The number of halogens is 1. The fourth-order valence-corrected chi connectivity index (χ4v) is 1.54. The van der Waals surface area contributed by atoms with E-state index >= 15 is 0 Å². The molecule has 1 atom stereocenters. The summed E-state index contributed by atoms with van der Waals surface area (Å²) in [5.74, 6) is 0. The first-order chi connectivity index (χ1) is 6.27. The van der Waals surface area contributed by atoms with E-state index in [4.69, 9.17) is 5.73 Å². The molecular weight excluding hydrogens is 228 g/mol. The van der Waals surface area contributed by atoms with Crippen molar-refractivity contribution >= 4 is 15.9 Å². The normalized spacial score (nSPS) is 12.8. The van der Waals surface area contributed by atoms with Crippen molar-refractivity contribution in [1.29, 1.82) is 0 Å². The van der Waals surface area contributed by atoms with Crippen molar-refractivity contribution in [2.24, 2.45) is 5.73 Å². The zero-order valence-electron chi connectivity index (χ0n) is 7.76. The van der Waals surface area contributed by atoms with E-state index in [9.17, 15) is 0 Å². The molecule has 2 nitrogen and oxygen atoms in total. The zero-order valence-corrected chi connectivity index (χ0v) is 9.34. The highest BCUT2D eigenvalue weighted by atomic mass is 79.9. The van der Waals surface area contributed by atoms with Crippen molar-refractivity contribution < 1.29 is 0 Å². The van der Waals surface area contributed by atoms with Crippen molar-refractivity contribution in [3.05, 3.63) is 34.3 Å². The Morgan fingerprint density at radius 2 is 2.00 bits per heavy atom. The third kappa shape index (κ3) is 3.10. The molecular formula is C10H15BrN2. The van der Waals surface area contributed by atoms with Crippen LogP contribution in [0.1, 0.15) is 18.5 Å². The van der Waals surface area contributed by atoms with E-state index in [-0.39, 0.29) is 6.04 Å². The summed E-state index contributed by atoms with van der Waals surface area (Å²) in [6, 6.07) is 8.53. The maximum absolute atomic E-state index is 5.65. The van der Waals surface area contributed by atoms with Crippen LogP contribution in [0.2, 0.25) is 0 Å². The van der Waals surface area contributed by atoms with Gasteiger partial charge in [-0.2, -0.15) is 0 Å². The summed E-state index contributed by atoms with van der Waals surface area (Å²) in [6.07, 6.45) is 0. The fraction of sp³-hybridized carbons (Fsp3) is 0.400. The lowest BCUT2D eigenvalue weighted by Gasteiger charge is -2.15. The van der Waals surface area contributed by atoms with Gasteiger partial charge in [0.05, 0.1) is 0 Å². The minimum absolute atomic E-state index is 0.276. The molecule has 0 radical (unpaired) electrons. The van der Waals surface area contributed by atoms with E-state index in [0.717, 1.165) is 11.0 Å². The highest BCUT2D eigenvalue weighted by Gasteiger charge is 2.06. The molecule has 1 aromatic carbocycles. The van der Waals surface area contributed by atoms with Crippen LogP contribution in [0.4, 0.5) is 0 Å². The standard InChI is InChI=1S/C10H15BrN2/c1-2-13-10(7-12)8-3-5-9(11)6-4-8/h3-6,10,13H,2,7,12H2,1H3. The molecule has 0 saturated heterocycles. The summed E-state index contributed by atoms with van der Waals surface area (Å²) in [5.41, 5.74) is 6.90. The summed E-state index contributed by atoms with van der Waals surface area (Å²) >= 11 is 3.40. The molecule has 0 saturated carbocycles. The smallest absolute Gasteiger partial charge is 0.0444 e. The van der Waals surface area contributed by atoms with Crippen LogP contribution in [-0.2, 0) is 0 Å². The van der Waals surface area contributed by atoms with Crippen LogP contribution in [0, 0.1) is 0 Å². The Hall–Kier alpha value is -0.380. The second-order valence-corrected chi connectivity index (χ2v) is 3.81. The number of likely N-dealkylation sites (N-methyl/N-ethyl adjacent to an activating group) is 1. The van der Waals surface area contributed by atoms with Gasteiger partial charge in [0.15, 0.2) is 0 Å². The van der Waals surface area contributed by atoms with E-state index in [2.05, 4.69) is 40.3 Å². The highest BCUT2D eigenvalue weighted by Crippen LogP contribution is 2.15. The quantitative estimate of drug-likeness (QED) is 0.849. The molecule has 0 bridgehead atoms. The van der Waals surface area contributed by atoms with Gasteiger partial charge >= 0.3 is 0 Å². The fourth-order valence-electron chi connectivity index (χ4n) is 1.28. The van der Waals surface area contributed by atoms with Crippen LogP contribution < -0.4 is 11.1 Å². The Morgan fingerprint density at radius 3 is 2.46 bits per heavy atom. The second kappa shape index (κ2) is 5.37. The first-order valence-corrected chi connectivity index (χ1v) is 5.26.